The SMILES string of the molecule is CC(=O)/C(C)=N/[O-]. The van der Waals surface area contributed by atoms with Crippen LogP contribution < -0.4 is 0 Å². The summed E-state index contributed by atoms with van der Waals surface area (Å²) < 4.78 is 0. The Labute approximate surface area is 41.6 Å². The number of ketones is 1. The van der Waals surface area contributed by atoms with Gasteiger partial charge in [-0.25, -0.2) is 0 Å². The van der Waals surface area contributed by atoms with Crippen molar-refractivity contribution in [2.24, 2.45) is 5.16 Å². The van der Waals surface area contributed by atoms with Gasteiger partial charge >= 0.3 is 0 Å². The van der Waals surface area contributed by atoms with E-state index in [9.17, 15) is 10.0 Å². The second kappa shape index (κ2) is 2.34. The van der Waals surface area contributed by atoms with Gasteiger partial charge in [0, 0.05) is 6.92 Å². The zero-order chi connectivity index (χ0) is 5.86. The quantitative estimate of drug-likeness (QED) is 0.356. The number of hydrogen-bond acceptors (Lipinski definition) is 3. The van der Waals surface area contributed by atoms with Crippen LogP contribution in [0, 0.1) is 5.21 Å². The van der Waals surface area contributed by atoms with Gasteiger partial charge in [0.1, 0.15) is 0 Å². The van der Waals surface area contributed by atoms with Gasteiger partial charge in [0.15, 0.2) is 5.78 Å². The molecule has 0 atom stereocenters. The standard InChI is InChI=1S/C4H7NO2/c1-3(5-7)4(2)6/h7H,1-2H3/p-1/b5-3+. The van der Waals surface area contributed by atoms with E-state index >= 15 is 0 Å². The first-order valence-electron chi connectivity index (χ1n) is 1.86. The molecule has 0 aliphatic heterocycles. The average Bonchev–Trinajstić information content (AvgIpc) is 1.65. The zero-order valence-corrected chi connectivity index (χ0v) is 4.26. The molecule has 0 spiro atoms. The Morgan fingerprint density at radius 2 is 2.00 bits per heavy atom. The highest BCUT2D eigenvalue weighted by Crippen LogP contribution is 1.75. The molecule has 40 valence electrons. The van der Waals surface area contributed by atoms with Gasteiger partial charge in [-0.05, 0) is 6.92 Å². The molecule has 0 N–H and O–H groups in total. The van der Waals surface area contributed by atoms with Crippen molar-refractivity contribution in [1.29, 1.82) is 0 Å². The smallest absolute Gasteiger partial charge is 0.172 e. The van der Waals surface area contributed by atoms with Crippen LogP contribution in [0.15, 0.2) is 5.16 Å². The van der Waals surface area contributed by atoms with E-state index in [0.717, 1.165) is 0 Å². The lowest BCUT2D eigenvalue weighted by Crippen LogP contribution is -2.02. The molecule has 0 heterocycles. The zero-order valence-electron chi connectivity index (χ0n) is 4.26. The number of carbonyl (C=O) groups is 1. The summed E-state index contributed by atoms with van der Waals surface area (Å²) in [5, 5.41) is 11.8. The molecule has 0 aromatic heterocycles. The maximum atomic E-state index is 10.0. The van der Waals surface area contributed by atoms with Crippen LogP contribution in [0.4, 0.5) is 0 Å². The molecular weight excluding hydrogens is 94.0 g/mol. The van der Waals surface area contributed by atoms with Gasteiger partial charge in [0.05, 0.1) is 5.71 Å². The van der Waals surface area contributed by atoms with E-state index in [0.29, 0.717) is 0 Å². The maximum Gasteiger partial charge on any atom is 0.172 e. The second-order valence-corrected chi connectivity index (χ2v) is 1.23. The van der Waals surface area contributed by atoms with Crippen LogP contribution in [-0.4, -0.2) is 11.5 Å². The molecule has 0 saturated carbocycles. The molecule has 0 aliphatic rings. The second-order valence-electron chi connectivity index (χ2n) is 1.23. The van der Waals surface area contributed by atoms with E-state index < -0.39 is 0 Å². The summed E-state index contributed by atoms with van der Waals surface area (Å²) in [7, 11) is 0. The molecular formula is C4H6NO2-. The summed E-state index contributed by atoms with van der Waals surface area (Å²) >= 11 is 0. The highest BCUT2D eigenvalue weighted by Gasteiger charge is 1.90. The van der Waals surface area contributed by atoms with Gasteiger partial charge in [0.25, 0.3) is 0 Å². The van der Waals surface area contributed by atoms with E-state index in [1.807, 2.05) is 0 Å². The van der Waals surface area contributed by atoms with Crippen molar-refractivity contribution in [1.82, 2.24) is 0 Å². The van der Waals surface area contributed by atoms with E-state index in [1.54, 1.807) is 0 Å². The van der Waals surface area contributed by atoms with Gasteiger partial charge in [0.2, 0.25) is 0 Å². The van der Waals surface area contributed by atoms with Crippen molar-refractivity contribution >= 4 is 11.5 Å². The monoisotopic (exact) mass is 100 g/mol. The Morgan fingerprint density at radius 3 is 2.00 bits per heavy atom. The van der Waals surface area contributed by atoms with E-state index in [2.05, 4.69) is 5.16 Å². The fourth-order valence-electron chi connectivity index (χ4n) is 0.0643. The molecule has 0 amide bonds. The molecule has 0 aromatic carbocycles. The summed E-state index contributed by atoms with van der Waals surface area (Å²) in [5.74, 6) is -0.269. The number of nitrogens with zero attached hydrogens (tertiary/aromatic N) is 1. The van der Waals surface area contributed by atoms with Crippen LogP contribution in [0.2, 0.25) is 0 Å². The normalized spacial score (nSPS) is 11.4. The fraction of sp³-hybridized carbons (Fsp3) is 0.500. The Morgan fingerprint density at radius 1 is 1.57 bits per heavy atom. The first-order valence-corrected chi connectivity index (χ1v) is 1.86. The molecule has 0 bridgehead atoms. The fourth-order valence-corrected chi connectivity index (χ4v) is 0.0643. The minimum atomic E-state index is -0.269. The van der Waals surface area contributed by atoms with Crippen molar-refractivity contribution in [2.45, 2.75) is 13.8 Å². The summed E-state index contributed by atoms with van der Waals surface area (Å²) in [6.07, 6.45) is 0. The summed E-state index contributed by atoms with van der Waals surface area (Å²) in [5.41, 5.74) is 0.0278. The van der Waals surface area contributed by atoms with Gasteiger partial charge < -0.3 is 10.4 Å². The lowest BCUT2D eigenvalue weighted by atomic mass is 10.3. The molecule has 0 fully saturated rings. The van der Waals surface area contributed by atoms with Gasteiger partial charge in [-0.15, -0.1) is 0 Å². The molecule has 0 aliphatic carbocycles. The third-order valence-electron chi connectivity index (χ3n) is 0.646. The van der Waals surface area contributed by atoms with E-state index in [1.165, 1.54) is 13.8 Å². The van der Waals surface area contributed by atoms with E-state index in [4.69, 9.17) is 0 Å². The number of hydrogen-bond donors (Lipinski definition) is 0. The molecule has 0 unspecified atom stereocenters. The highest BCUT2D eigenvalue weighted by molar-refractivity contribution is 6.38. The average molecular weight is 100 g/mol. The van der Waals surface area contributed by atoms with Crippen LogP contribution in [-0.2, 0) is 4.79 Å². The van der Waals surface area contributed by atoms with Crippen LogP contribution in [0.25, 0.3) is 0 Å². The molecule has 0 rings (SSSR count). The van der Waals surface area contributed by atoms with E-state index in [-0.39, 0.29) is 11.5 Å². The summed E-state index contributed by atoms with van der Waals surface area (Å²) in [6.45, 7) is 2.69. The first kappa shape index (κ1) is 6.14. The molecule has 0 radical (unpaired) electrons. The van der Waals surface area contributed by atoms with Gasteiger partial charge in [-0.2, -0.15) is 0 Å². The third-order valence-corrected chi connectivity index (χ3v) is 0.646. The van der Waals surface area contributed by atoms with Crippen molar-refractivity contribution in [3.63, 3.8) is 0 Å². The molecule has 3 heteroatoms. The summed E-state index contributed by atoms with van der Waals surface area (Å²) in [6, 6.07) is 0. The van der Waals surface area contributed by atoms with Crippen LogP contribution >= 0.6 is 0 Å². The predicted octanol–water partition coefficient (Wildman–Crippen LogP) is 0.534. The van der Waals surface area contributed by atoms with Crippen LogP contribution in [0.3, 0.4) is 0 Å². The van der Waals surface area contributed by atoms with Gasteiger partial charge in [-0.3, -0.25) is 4.79 Å². The lowest BCUT2D eigenvalue weighted by Gasteiger charge is -1.93. The Kier molecular flexibility index (Phi) is 2.05. The van der Waals surface area contributed by atoms with Crippen LogP contribution in [0.1, 0.15) is 13.8 Å². The largest absolute Gasteiger partial charge is 0.792 e. The Hall–Kier alpha value is -0.860. The van der Waals surface area contributed by atoms with Gasteiger partial charge in [-0.1, -0.05) is 0 Å². The highest BCUT2D eigenvalue weighted by atomic mass is 16.4. The molecule has 7 heavy (non-hydrogen) atoms. The molecule has 3 nitrogen and oxygen atoms in total. The number of carbonyl (C=O) groups excluding carboxylic acids is 1. The Balaban J connectivity index is 3.82. The van der Waals surface area contributed by atoms with Crippen molar-refractivity contribution in [2.75, 3.05) is 0 Å². The molecule has 0 aromatic rings. The van der Waals surface area contributed by atoms with Crippen molar-refractivity contribution in [3.8, 4) is 0 Å². The minimum Gasteiger partial charge on any atom is -0.792 e. The number of rotatable bonds is 1. The topological polar surface area (TPSA) is 52.5 Å². The van der Waals surface area contributed by atoms with Crippen LogP contribution in [0.5, 0.6) is 0 Å². The third kappa shape index (κ3) is 1.92. The first-order chi connectivity index (χ1) is 3.18. The maximum absolute atomic E-state index is 10.0. The van der Waals surface area contributed by atoms with Crippen molar-refractivity contribution < 1.29 is 4.79 Å². The number of Topliss-reactive ketones (excluding diaryl/α,β-unsaturated/α-hetero) is 1. The lowest BCUT2D eigenvalue weighted by molar-refractivity contribution is -0.111. The predicted molar refractivity (Wildman–Crippen MR) is 27.2 cm³/mol. The molecule has 0 saturated heterocycles. The summed E-state index contributed by atoms with van der Waals surface area (Å²) in [4.78, 5) is 10.0. The minimum absolute atomic E-state index is 0.0278. The van der Waals surface area contributed by atoms with Crippen molar-refractivity contribution in [3.05, 3.63) is 5.21 Å². The Bertz CT molecular complexity index is 106.